The van der Waals surface area contributed by atoms with E-state index in [1.165, 1.54) is 19.0 Å². The fourth-order valence-corrected chi connectivity index (χ4v) is 5.27. The highest BCUT2D eigenvalue weighted by atomic mass is 19.4. The second kappa shape index (κ2) is 8.61. The second-order valence-electron chi connectivity index (χ2n) is 8.81. The molecule has 1 aliphatic heterocycles. The summed E-state index contributed by atoms with van der Waals surface area (Å²) in [5.74, 6) is 0. The Morgan fingerprint density at radius 3 is 2.63 bits per heavy atom. The number of nitrogens with zero attached hydrogens (tertiary/aromatic N) is 3. The molecule has 0 aromatic carbocycles. The van der Waals surface area contributed by atoms with E-state index in [0.717, 1.165) is 63.3 Å². The summed E-state index contributed by atoms with van der Waals surface area (Å²) in [6.07, 6.45) is 8.72. The Labute approximate surface area is 175 Å². The predicted molar refractivity (Wildman–Crippen MR) is 107 cm³/mol. The lowest BCUT2D eigenvalue weighted by atomic mass is 9.67. The van der Waals surface area contributed by atoms with E-state index in [2.05, 4.69) is 16.3 Å². The van der Waals surface area contributed by atoms with Crippen molar-refractivity contribution in [2.24, 2.45) is 0 Å². The van der Waals surface area contributed by atoms with Gasteiger partial charge in [0.05, 0.1) is 11.8 Å². The Balaban J connectivity index is 1.43. The summed E-state index contributed by atoms with van der Waals surface area (Å²) in [6, 6.07) is 7.22. The van der Waals surface area contributed by atoms with Gasteiger partial charge in [0, 0.05) is 23.9 Å². The van der Waals surface area contributed by atoms with Crippen molar-refractivity contribution in [3.8, 4) is 0 Å². The highest BCUT2D eigenvalue weighted by molar-refractivity contribution is 5.21. The molecule has 2 aromatic rings. The lowest BCUT2D eigenvalue weighted by molar-refractivity contribution is -0.141. The molecule has 1 spiro atoms. The summed E-state index contributed by atoms with van der Waals surface area (Å²) in [5, 5.41) is 6.74. The van der Waals surface area contributed by atoms with Crippen LogP contribution in [0.5, 0.6) is 0 Å². The van der Waals surface area contributed by atoms with E-state index in [1.807, 2.05) is 18.3 Å². The average Bonchev–Trinajstić information content (AvgIpc) is 3.19. The van der Waals surface area contributed by atoms with Crippen molar-refractivity contribution < 1.29 is 17.9 Å². The molecule has 3 heterocycles. The minimum absolute atomic E-state index is 0.0164. The molecule has 1 saturated heterocycles. The largest absolute Gasteiger partial charge is 0.435 e. The Morgan fingerprint density at radius 1 is 1.07 bits per heavy atom. The monoisotopic (exact) mass is 419 g/mol. The van der Waals surface area contributed by atoms with Crippen molar-refractivity contribution in [3.63, 3.8) is 0 Å². The lowest BCUT2D eigenvalue weighted by Crippen LogP contribution is -2.46. The zero-order chi connectivity index (χ0) is 21.1. The summed E-state index contributed by atoms with van der Waals surface area (Å²) in [4.78, 5) is 4.71. The molecule has 1 atom stereocenters. The SMILES string of the molecule is FC(F)(F)c1cc(CCCCC2(c3ccccn3)CCOC3(CCCC3)C2)cnn1. The molecule has 1 aliphatic carbocycles. The maximum absolute atomic E-state index is 12.9. The molecule has 0 radical (unpaired) electrons. The van der Waals surface area contributed by atoms with E-state index in [0.29, 0.717) is 12.0 Å². The van der Waals surface area contributed by atoms with Crippen LogP contribution in [0.1, 0.15) is 74.7 Å². The van der Waals surface area contributed by atoms with E-state index in [-0.39, 0.29) is 11.0 Å². The van der Waals surface area contributed by atoms with E-state index in [9.17, 15) is 13.2 Å². The van der Waals surface area contributed by atoms with Gasteiger partial charge < -0.3 is 4.74 Å². The number of pyridine rings is 1. The van der Waals surface area contributed by atoms with Crippen LogP contribution in [0.4, 0.5) is 13.2 Å². The fraction of sp³-hybridized carbons (Fsp3) is 0.609. The van der Waals surface area contributed by atoms with Crippen LogP contribution in [0.15, 0.2) is 36.7 Å². The van der Waals surface area contributed by atoms with Gasteiger partial charge in [-0.15, -0.1) is 5.10 Å². The summed E-state index contributed by atoms with van der Waals surface area (Å²) in [5.41, 5.74) is 0.759. The molecule has 1 saturated carbocycles. The minimum atomic E-state index is -4.45. The number of aryl methyl sites for hydroxylation is 1. The minimum Gasteiger partial charge on any atom is -0.375 e. The van der Waals surface area contributed by atoms with Gasteiger partial charge in [-0.25, -0.2) is 0 Å². The molecule has 0 N–H and O–H groups in total. The third kappa shape index (κ3) is 4.66. The van der Waals surface area contributed by atoms with E-state index in [4.69, 9.17) is 9.72 Å². The Hall–Kier alpha value is -2.02. The van der Waals surface area contributed by atoms with E-state index in [1.54, 1.807) is 0 Å². The summed E-state index contributed by atoms with van der Waals surface area (Å²) < 4.78 is 44.9. The van der Waals surface area contributed by atoms with Crippen molar-refractivity contribution >= 4 is 0 Å². The highest BCUT2D eigenvalue weighted by Gasteiger charge is 2.48. The number of hydrogen-bond acceptors (Lipinski definition) is 4. The van der Waals surface area contributed by atoms with Gasteiger partial charge in [-0.05, 0) is 68.7 Å². The summed E-state index contributed by atoms with van der Waals surface area (Å²) in [7, 11) is 0. The van der Waals surface area contributed by atoms with Crippen molar-refractivity contribution in [2.75, 3.05) is 6.61 Å². The third-order valence-corrected chi connectivity index (χ3v) is 6.74. The van der Waals surface area contributed by atoms with E-state index >= 15 is 0 Å². The normalized spacial score (nSPS) is 23.7. The Morgan fingerprint density at radius 2 is 1.90 bits per heavy atom. The van der Waals surface area contributed by atoms with Crippen molar-refractivity contribution in [1.29, 1.82) is 0 Å². The third-order valence-electron chi connectivity index (χ3n) is 6.74. The molecule has 4 nitrogen and oxygen atoms in total. The van der Waals surface area contributed by atoms with Crippen LogP contribution in [0.3, 0.4) is 0 Å². The van der Waals surface area contributed by atoms with Gasteiger partial charge in [0.25, 0.3) is 0 Å². The zero-order valence-electron chi connectivity index (χ0n) is 17.1. The Bertz CT molecular complexity index is 837. The van der Waals surface area contributed by atoms with Gasteiger partial charge in [-0.1, -0.05) is 25.3 Å². The maximum atomic E-state index is 12.9. The standard InChI is InChI=1S/C23H28F3N3O/c24-23(25,26)20-15-18(16-28-29-20)7-1-3-9-21(19-8-2-6-13-27-19)12-14-30-22(17-21)10-4-5-11-22/h2,6,8,13,15-16H,1,3-5,7,9-12,14,17H2. The molecule has 2 aliphatic rings. The number of hydrogen-bond donors (Lipinski definition) is 0. The number of unbranched alkanes of at least 4 members (excludes halogenated alkanes) is 1. The highest BCUT2D eigenvalue weighted by Crippen LogP contribution is 2.50. The molecule has 4 rings (SSSR count). The first kappa shape index (κ1) is 21.2. The van der Waals surface area contributed by atoms with Crippen LogP contribution in [0.25, 0.3) is 0 Å². The predicted octanol–water partition coefficient (Wildman–Crippen LogP) is 5.66. The fourth-order valence-electron chi connectivity index (χ4n) is 5.27. The maximum Gasteiger partial charge on any atom is 0.435 e. The number of ether oxygens (including phenoxy) is 1. The molecular formula is C23H28F3N3O. The van der Waals surface area contributed by atoms with Crippen LogP contribution in [0, 0.1) is 0 Å². The quantitative estimate of drug-likeness (QED) is 0.567. The second-order valence-corrected chi connectivity index (χ2v) is 8.81. The van der Waals surface area contributed by atoms with Gasteiger partial charge in [0.2, 0.25) is 0 Å². The first-order valence-electron chi connectivity index (χ1n) is 10.9. The molecule has 0 amide bonds. The molecule has 162 valence electrons. The van der Waals surface area contributed by atoms with Crippen molar-refractivity contribution in [2.45, 2.75) is 81.4 Å². The number of alkyl halides is 3. The number of halogens is 3. The van der Waals surface area contributed by atoms with Crippen LogP contribution in [0.2, 0.25) is 0 Å². The first-order chi connectivity index (χ1) is 14.4. The number of aromatic nitrogens is 3. The summed E-state index contributed by atoms with van der Waals surface area (Å²) in [6.45, 7) is 0.750. The van der Waals surface area contributed by atoms with Gasteiger partial charge >= 0.3 is 6.18 Å². The van der Waals surface area contributed by atoms with Crippen LogP contribution >= 0.6 is 0 Å². The van der Waals surface area contributed by atoms with E-state index < -0.39 is 11.9 Å². The average molecular weight is 419 g/mol. The molecule has 2 aromatic heterocycles. The topological polar surface area (TPSA) is 47.9 Å². The van der Waals surface area contributed by atoms with Gasteiger partial charge in [-0.2, -0.15) is 18.3 Å². The molecule has 1 unspecified atom stereocenters. The number of rotatable bonds is 6. The summed E-state index contributed by atoms with van der Waals surface area (Å²) >= 11 is 0. The van der Waals surface area contributed by atoms with Crippen molar-refractivity contribution in [1.82, 2.24) is 15.2 Å². The van der Waals surface area contributed by atoms with Gasteiger partial charge in [0.15, 0.2) is 5.69 Å². The zero-order valence-corrected chi connectivity index (χ0v) is 17.1. The van der Waals surface area contributed by atoms with Crippen LogP contribution < -0.4 is 0 Å². The molecule has 0 bridgehead atoms. The molecule has 30 heavy (non-hydrogen) atoms. The van der Waals surface area contributed by atoms with Crippen LogP contribution in [-0.4, -0.2) is 27.4 Å². The lowest BCUT2D eigenvalue weighted by Gasteiger charge is -2.46. The Kier molecular flexibility index (Phi) is 6.09. The van der Waals surface area contributed by atoms with Gasteiger partial charge in [-0.3, -0.25) is 4.98 Å². The van der Waals surface area contributed by atoms with Crippen molar-refractivity contribution in [3.05, 3.63) is 53.6 Å². The molecule has 2 fully saturated rings. The molecular weight excluding hydrogens is 391 g/mol. The first-order valence-corrected chi connectivity index (χ1v) is 10.9. The smallest absolute Gasteiger partial charge is 0.375 e. The molecule has 7 heteroatoms. The van der Waals surface area contributed by atoms with Gasteiger partial charge in [0.1, 0.15) is 0 Å². The van der Waals surface area contributed by atoms with Crippen LogP contribution in [-0.2, 0) is 22.7 Å².